The Hall–Kier alpha value is 0.170. The molecular formula is C5H14ClNO2. The lowest BCUT2D eigenvalue weighted by molar-refractivity contribution is 0.267. The molecular weight excluding hydrogens is 142 g/mol. The minimum Gasteiger partial charge on any atom is -0.395 e. The molecule has 58 valence electrons. The third kappa shape index (κ3) is 17.9. The standard InChI is InChI=1S/C4H11NO2.CH3Cl/c6-3-1-5-2-4-7;1-2/h5-7H,1-4H2;1H3. The Morgan fingerprint density at radius 1 is 1.11 bits per heavy atom. The van der Waals surface area contributed by atoms with E-state index in [9.17, 15) is 0 Å². The van der Waals surface area contributed by atoms with Crippen molar-refractivity contribution in [2.45, 2.75) is 0 Å². The molecule has 0 bridgehead atoms. The molecule has 0 aromatic heterocycles. The van der Waals surface area contributed by atoms with Crippen LogP contribution in [0.4, 0.5) is 0 Å². The van der Waals surface area contributed by atoms with Crippen molar-refractivity contribution in [3.8, 4) is 0 Å². The second-order valence-electron chi connectivity index (χ2n) is 1.20. The number of nitrogens with one attached hydrogen (secondary N) is 1. The smallest absolute Gasteiger partial charge is 0.0555 e. The first-order chi connectivity index (χ1) is 4.41. The summed E-state index contributed by atoms with van der Waals surface area (Å²) in [6.45, 7) is 1.42. The average molecular weight is 156 g/mol. The molecule has 0 aliphatic rings. The molecule has 0 aliphatic heterocycles. The van der Waals surface area contributed by atoms with Crippen molar-refractivity contribution in [2.75, 3.05) is 32.7 Å². The molecule has 0 aliphatic carbocycles. The van der Waals surface area contributed by atoms with Gasteiger partial charge in [-0.1, -0.05) is 0 Å². The number of aliphatic hydroxyl groups is 2. The first kappa shape index (κ1) is 11.9. The quantitative estimate of drug-likeness (QED) is 0.376. The van der Waals surface area contributed by atoms with E-state index in [-0.39, 0.29) is 13.2 Å². The second-order valence-corrected chi connectivity index (χ2v) is 1.20. The lowest BCUT2D eigenvalue weighted by Gasteiger charge is -1.94. The van der Waals surface area contributed by atoms with E-state index in [4.69, 9.17) is 10.2 Å². The van der Waals surface area contributed by atoms with Crippen molar-refractivity contribution < 1.29 is 10.2 Å². The predicted octanol–water partition coefficient (Wildman–Crippen LogP) is -0.584. The highest BCUT2D eigenvalue weighted by Gasteiger charge is 1.78. The van der Waals surface area contributed by atoms with Gasteiger partial charge < -0.3 is 15.5 Å². The number of hydrogen-bond acceptors (Lipinski definition) is 3. The van der Waals surface area contributed by atoms with Crippen LogP contribution in [0.5, 0.6) is 0 Å². The summed E-state index contributed by atoms with van der Waals surface area (Å²) in [4.78, 5) is 0. The van der Waals surface area contributed by atoms with E-state index in [0.717, 1.165) is 0 Å². The Morgan fingerprint density at radius 3 is 1.67 bits per heavy atom. The van der Waals surface area contributed by atoms with E-state index in [2.05, 4.69) is 16.9 Å². The number of halogens is 1. The molecule has 3 nitrogen and oxygen atoms in total. The molecule has 0 radical (unpaired) electrons. The minimum atomic E-state index is 0.139. The fourth-order valence-electron chi connectivity index (χ4n) is 0.283. The molecule has 0 fully saturated rings. The highest BCUT2D eigenvalue weighted by molar-refractivity contribution is 6.15. The van der Waals surface area contributed by atoms with Gasteiger partial charge in [0.1, 0.15) is 0 Å². The van der Waals surface area contributed by atoms with Gasteiger partial charge in [0.25, 0.3) is 0 Å². The van der Waals surface area contributed by atoms with E-state index in [0.29, 0.717) is 13.1 Å². The topological polar surface area (TPSA) is 52.5 Å². The first-order valence-corrected chi connectivity index (χ1v) is 3.47. The molecule has 0 saturated heterocycles. The van der Waals surface area contributed by atoms with Gasteiger partial charge in [-0.05, 0) is 0 Å². The number of hydrogen-bond donors (Lipinski definition) is 3. The molecule has 9 heavy (non-hydrogen) atoms. The van der Waals surface area contributed by atoms with Crippen LogP contribution >= 0.6 is 11.6 Å². The molecule has 0 heterocycles. The van der Waals surface area contributed by atoms with Crippen LogP contribution in [-0.4, -0.2) is 42.9 Å². The molecule has 3 N–H and O–H groups in total. The summed E-state index contributed by atoms with van der Waals surface area (Å²) in [7, 11) is 0. The van der Waals surface area contributed by atoms with Gasteiger partial charge in [0.15, 0.2) is 0 Å². The number of alkyl halides is 1. The molecule has 0 aromatic rings. The Morgan fingerprint density at radius 2 is 1.44 bits per heavy atom. The summed E-state index contributed by atoms with van der Waals surface area (Å²) >= 11 is 4.64. The van der Waals surface area contributed by atoms with Gasteiger partial charge in [0.2, 0.25) is 0 Å². The SMILES string of the molecule is CCl.OCCNCCO. The van der Waals surface area contributed by atoms with Gasteiger partial charge in [0.05, 0.1) is 13.2 Å². The lowest BCUT2D eigenvalue weighted by atomic mass is 10.6. The van der Waals surface area contributed by atoms with Gasteiger partial charge in [-0.2, -0.15) is 0 Å². The summed E-state index contributed by atoms with van der Waals surface area (Å²) in [6.07, 6.45) is 1.47. The van der Waals surface area contributed by atoms with Crippen LogP contribution in [0.2, 0.25) is 0 Å². The zero-order valence-electron chi connectivity index (χ0n) is 5.60. The van der Waals surface area contributed by atoms with Crippen LogP contribution in [0.25, 0.3) is 0 Å². The Balaban J connectivity index is 0. The van der Waals surface area contributed by atoms with Crippen molar-refractivity contribution in [3.63, 3.8) is 0 Å². The van der Waals surface area contributed by atoms with Crippen LogP contribution < -0.4 is 5.32 Å². The summed E-state index contributed by atoms with van der Waals surface area (Å²) in [5, 5.41) is 19.1. The summed E-state index contributed by atoms with van der Waals surface area (Å²) in [6, 6.07) is 0. The second kappa shape index (κ2) is 15.7. The van der Waals surface area contributed by atoms with Crippen LogP contribution in [-0.2, 0) is 0 Å². The molecule has 0 spiro atoms. The number of rotatable bonds is 4. The molecule has 0 aromatic carbocycles. The van der Waals surface area contributed by atoms with Crippen molar-refractivity contribution in [1.29, 1.82) is 0 Å². The minimum absolute atomic E-state index is 0.139. The third-order valence-electron chi connectivity index (χ3n) is 0.577. The largest absolute Gasteiger partial charge is 0.395 e. The lowest BCUT2D eigenvalue weighted by Crippen LogP contribution is -2.21. The maximum absolute atomic E-state index is 8.15. The zero-order valence-corrected chi connectivity index (χ0v) is 6.36. The van der Waals surface area contributed by atoms with Gasteiger partial charge in [-0.3, -0.25) is 0 Å². The molecule has 0 saturated carbocycles. The highest BCUT2D eigenvalue weighted by atomic mass is 35.5. The van der Waals surface area contributed by atoms with Gasteiger partial charge >= 0.3 is 0 Å². The van der Waals surface area contributed by atoms with Crippen molar-refractivity contribution >= 4 is 11.6 Å². The highest BCUT2D eigenvalue weighted by Crippen LogP contribution is 1.54. The van der Waals surface area contributed by atoms with Crippen LogP contribution in [0.1, 0.15) is 0 Å². The Bertz CT molecular complexity index is 34.1. The fourth-order valence-corrected chi connectivity index (χ4v) is 0.283. The molecule has 0 unspecified atom stereocenters. The predicted molar refractivity (Wildman–Crippen MR) is 38.8 cm³/mol. The van der Waals surface area contributed by atoms with E-state index in [1.54, 1.807) is 0 Å². The van der Waals surface area contributed by atoms with E-state index in [1.807, 2.05) is 0 Å². The molecule has 0 amide bonds. The van der Waals surface area contributed by atoms with Gasteiger partial charge in [0, 0.05) is 19.5 Å². The summed E-state index contributed by atoms with van der Waals surface area (Å²) in [5.41, 5.74) is 0. The van der Waals surface area contributed by atoms with Gasteiger partial charge in [-0.25, -0.2) is 0 Å². The first-order valence-electron chi connectivity index (χ1n) is 2.72. The Labute approximate surface area is 60.6 Å². The van der Waals surface area contributed by atoms with Crippen LogP contribution in [0.15, 0.2) is 0 Å². The molecule has 4 heteroatoms. The Kier molecular flexibility index (Phi) is 20.8. The monoisotopic (exact) mass is 155 g/mol. The molecule has 0 rings (SSSR count). The van der Waals surface area contributed by atoms with E-state index in [1.165, 1.54) is 6.38 Å². The summed E-state index contributed by atoms with van der Waals surface area (Å²) in [5.74, 6) is 0. The average Bonchev–Trinajstić information content (AvgIpc) is 1.94. The van der Waals surface area contributed by atoms with Crippen LogP contribution in [0, 0.1) is 0 Å². The molecule has 0 atom stereocenters. The maximum Gasteiger partial charge on any atom is 0.0555 e. The van der Waals surface area contributed by atoms with Crippen LogP contribution in [0.3, 0.4) is 0 Å². The number of aliphatic hydroxyl groups excluding tert-OH is 2. The fraction of sp³-hybridized carbons (Fsp3) is 1.00. The van der Waals surface area contributed by atoms with Gasteiger partial charge in [-0.15, -0.1) is 11.6 Å². The zero-order chi connectivity index (χ0) is 7.54. The summed E-state index contributed by atoms with van der Waals surface area (Å²) < 4.78 is 0. The van der Waals surface area contributed by atoms with Crippen molar-refractivity contribution in [2.24, 2.45) is 0 Å². The van der Waals surface area contributed by atoms with Crippen molar-refractivity contribution in [3.05, 3.63) is 0 Å². The van der Waals surface area contributed by atoms with E-state index < -0.39 is 0 Å². The van der Waals surface area contributed by atoms with Crippen molar-refractivity contribution in [1.82, 2.24) is 5.32 Å². The van der Waals surface area contributed by atoms with E-state index >= 15 is 0 Å². The third-order valence-corrected chi connectivity index (χ3v) is 0.577. The normalized spacial score (nSPS) is 8.00. The maximum atomic E-state index is 8.15.